The summed E-state index contributed by atoms with van der Waals surface area (Å²) >= 11 is 0. The maximum atomic E-state index is 12.0. The highest BCUT2D eigenvalue weighted by molar-refractivity contribution is 5.99. The number of carbonyl (C=O) groups is 2. The molecule has 4 N–H and O–H groups in total. The Morgan fingerprint density at radius 1 is 1.29 bits per heavy atom. The molecule has 0 saturated carbocycles. The average molecular weight is 293 g/mol. The molecule has 1 aromatic rings. The van der Waals surface area contributed by atoms with Crippen LogP contribution in [-0.2, 0) is 4.79 Å². The molecule has 0 bridgehead atoms. The van der Waals surface area contributed by atoms with Crippen molar-refractivity contribution in [2.45, 2.75) is 20.3 Å². The van der Waals surface area contributed by atoms with Crippen molar-refractivity contribution < 1.29 is 14.3 Å². The Labute approximate surface area is 125 Å². The third-order valence-corrected chi connectivity index (χ3v) is 2.85. The fraction of sp³-hybridized carbons (Fsp3) is 0.467. The Morgan fingerprint density at radius 3 is 2.62 bits per heavy atom. The minimum atomic E-state index is -0.317. The van der Waals surface area contributed by atoms with Crippen LogP contribution in [0.3, 0.4) is 0 Å². The van der Waals surface area contributed by atoms with E-state index in [0.717, 1.165) is 0 Å². The molecule has 0 aliphatic heterocycles. The third kappa shape index (κ3) is 5.72. The van der Waals surface area contributed by atoms with Gasteiger partial charge in [-0.2, -0.15) is 0 Å². The number of nitrogen functional groups attached to an aromatic ring is 1. The van der Waals surface area contributed by atoms with Crippen molar-refractivity contribution in [3.63, 3.8) is 0 Å². The van der Waals surface area contributed by atoms with Gasteiger partial charge in [0.25, 0.3) is 5.91 Å². The zero-order valence-electron chi connectivity index (χ0n) is 12.7. The Morgan fingerprint density at radius 2 is 2.00 bits per heavy atom. The van der Waals surface area contributed by atoms with E-state index in [2.05, 4.69) is 10.6 Å². The van der Waals surface area contributed by atoms with Gasteiger partial charge < -0.3 is 21.1 Å². The van der Waals surface area contributed by atoms with Gasteiger partial charge in [-0.3, -0.25) is 9.59 Å². The van der Waals surface area contributed by atoms with Gasteiger partial charge in [-0.1, -0.05) is 13.8 Å². The lowest BCUT2D eigenvalue weighted by atomic mass is 10.1. The molecule has 0 unspecified atom stereocenters. The molecule has 1 aromatic carbocycles. The van der Waals surface area contributed by atoms with Crippen molar-refractivity contribution in [1.82, 2.24) is 10.6 Å². The second-order valence-electron chi connectivity index (χ2n) is 5.16. The number of anilines is 1. The summed E-state index contributed by atoms with van der Waals surface area (Å²) in [5, 5.41) is 5.46. The third-order valence-electron chi connectivity index (χ3n) is 2.85. The predicted octanol–water partition coefficient (Wildman–Crippen LogP) is 1.17. The fourth-order valence-corrected chi connectivity index (χ4v) is 1.65. The number of amides is 2. The molecule has 6 nitrogen and oxygen atoms in total. The number of ether oxygens (including phenoxy) is 1. The molecular formula is C15H23N3O3. The first-order chi connectivity index (χ1) is 9.93. The maximum Gasteiger partial charge on any atom is 0.253 e. The lowest BCUT2D eigenvalue weighted by Crippen LogP contribution is -2.32. The maximum absolute atomic E-state index is 12.0. The van der Waals surface area contributed by atoms with E-state index in [9.17, 15) is 9.59 Å². The largest absolute Gasteiger partial charge is 0.497 e. The molecule has 21 heavy (non-hydrogen) atoms. The lowest BCUT2D eigenvalue weighted by Gasteiger charge is -2.10. The van der Waals surface area contributed by atoms with Crippen LogP contribution in [0.4, 0.5) is 5.69 Å². The van der Waals surface area contributed by atoms with Gasteiger partial charge in [-0.05, 0) is 24.1 Å². The molecule has 0 spiro atoms. The zero-order valence-corrected chi connectivity index (χ0v) is 12.7. The predicted molar refractivity (Wildman–Crippen MR) is 82.2 cm³/mol. The molecule has 0 aliphatic carbocycles. The summed E-state index contributed by atoms with van der Waals surface area (Å²) in [5.74, 6) is 0.565. The Kier molecular flexibility index (Phi) is 6.52. The number of carbonyl (C=O) groups excluding carboxylic acids is 2. The summed E-state index contributed by atoms with van der Waals surface area (Å²) in [4.78, 5) is 23.5. The van der Waals surface area contributed by atoms with E-state index in [-0.39, 0.29) is 24.8 Å². The molecule has 0 aromatic heterocycles. The van der Waals surface area contributed by atoms with E-state index >= 15 is 0 Å². The van der Waals surface area contributed by atoms with Gasteiger partial charge in [0.05, 0.1) is 12.7 Å². The van der Waals surface area contributed by atoms with E-state index in [1.165, 1.54) is 7.11 Å². The van der Waals surface area contributed by atoms with Crippen LogP contribution in [0.5, 0.6) is 5.75 Å². The average Bonchev–Trinajstić information content (AvgIpc) is 2.45. The van der Waals surface area contributed by atoms with Gasteiger partial charge in [-0.25, -0.2) is 0 Å². The second-order valence-corrected chi connectivity index (χ2v) is 5.16. The highest BCUT2D eigenvalue weighted by Gasteiger charge is 2.11. The Hall–Kier alpha value is -2.24. The van der Waals surface area contributed by atoms with Crippen LogP contribution < -0.4 is 21.1 Å². The van der Waals surface area contributed by atoms with Crippen molar-refractivity contribution in [3.8, 4) is 5.75 Å². The lowest BCUT2D eigenvalue weighted by molar-refractivity contribution is -0.121. The Balaban J connectivity index is 2.45. The molecular weight excluding hydrogens is 270 g/mol. The van der Waals surface area contributed by atoms with Crippen molar-refractivity contribution in [2.24, 2.45) is 5.92 Å². The standard InChI is InChI=1S/C15H23N3O3/c1-10(2)9-18-14(19)6-7-17-15(20)12-8-11(21-3)4-5-13(12)16/h4-5,8,10H,6-7,9,16H2,1-3H3,(H,17,20)(H,18,19). The number of nitrogens with two attached hydrogens (primary N) is 1. The molecule has 0 radical (unpaired) electrons. The van der Waals surface area contributed by atoms with Crippen LogP contribution in [0.15, 0.2) is 18.2 Å². The van der Waals surface area contributed by atoms with E-state index in [1.54, 1.807) is 18.2 Å². The number of hydrogen-bond acceptors (Lipinski definition) is 4. The van der Waals surface area contributed by atoms with Crippen LogP contribution in [0, 0.1) is 5.92 Å². The summed E-state index contributed by atoms with van der Waals surface area (Å²) < 4.78 is 5.06. The first kappa shape index (κ1) is 16.8. The molecule has 2 amide bonds. The summed E-state index contributed by atoms with van der Waals surface area (Å²) in [6.07, 6.45) is 0.238. The number of methoxy groups -OCH3 is 1. The second kappa shape index (κ2) is 8.14. The molecule has 116 valence electrons. The number of rotatable bonds is 7. The smallest absolute Gasteiger partial charge is 0.253 e. The normalized spacial score (nSPS) is 10.3. The first-order valence-corrected chi connectivity index (χ1v) is 6.92. The van der Waals surface area contributed by atoms with Crippen molar-refractivity contribution in [1.29, 1.82) is 0 Å². The molecule has 1 rings (SSSR count). The topological polar surface area (TPSA) is 93.4 Å². The SMILES string of the molecule is COc1ccc(N)c(C(=O)NCCC(=O)NCC(C)C)c1. The fourth-order valence-electron chi connectivity index (χ4n) is 1.65. The van der Waals surface area contributed by atoms with Crippen LogP contribution in [0.25, 0.3) is 0 Å². The Bertz CT molecular complexity index is 501. The minimum Gasteiger partial charge on any atom is -0.497 e. The number of benzene rings is 1. The minimum absolute atomic E-state index is 0.0809. The zero-order chi connectivity index (χ0) is 15.8. The van der Waals surface area contributed by atoms with Crippen LogP contribution in [0.1, 0.15) is 30.6 Å². The van der Waals surface area contributed by atoms with Gasteiger partial charge in [0.15, 0.2) is 0 Å². The van der Waals surface area contributed by atoms with Crippen LogP contribution >= 0.6 is 0 Å². The van der Waals surface area contributed by atoms with Crippen molar-refractivity contribution in [3.05, 3.63) is 23.8 Å². The monoisotopic (exact) mass is 293 g/mol. The van der Waals surface area contributed by atoms with Gasteiger partial charge >= 0.3 is 0 Å². The number of hydrogen-bond donors (Lipinski definition) is 3. The quantitative estimate of drug-likeness (QED) is 0.658. The van der Waals surface area contributed by atoms with Gasteiger partial charge in [0, 0.05) is 25.2 Å². The summed E-state index contributed by atoms with van der Waals surface area (Å²) in [6, 6.07) is 4.87. The molecule has 0 saturated heterocycles. The van der Waals surface area contributed by atoms with Crippen molar-refractivity contribution >= 4 is 17.5 Å². The van der Waals surface area contributed by atoms with Gasteiger partial charge in [0.2, 0.25) is 5.91 Å². The summed E-state index contributed by atoms with van der Waals surface area (Å²) in [7, 11) is 1.52. The van der Waals surface area contributed by atoms with Crippen LogP contribution in [0.2, 0.25) is 0 Å². The van der Waals surface area contributed by atoms with E-state index in [1.807, 2.05) is 13.8 Å². The molecule has 0 fully saturated rings. The summed E-state index contributed by atoms with van der Waals surface area (Å²) in [5.41, 5.74) is 6.48. The molecule has 0 heterocycles. The highest BCUT2D eigenvalue weighted by Crippen LogP contribution is 2.19. The van der Waals surface area contributed by atoms with E-state index in [0.29, 0.717) is 29.5 Å². The summed E-state index contributed by atoms with van der Waals surface area (Å²) in [6.45, 7) is 4.94. The van der Waals surface area contributed by atoms with E-state index < -0.39 is 0 Å². The number of nitrogens with one attached hydrogen (secondary N) is 2. The van der Waals surface area contributed by atoms with Gasteiger partial charge in [0.1, 0.15) is 5.75 Å². The van der Waals surface area contributed by atoms with Gasteiger partial charge in [-0.15, -0.1) is 0 Å². The van der Waals surface area contributed by atoms with E-state index in [4.69, 9.17) is 10.5 Å². The molecule has 0 aliphatic rings. The first-order valence-electron chi connectivity index (χ1n) is 6.92. The highest BCUT2D eigenvalue weighted by atomic mass is 16.5. The molecule has 6 heteroatoms. The van der Waals surface area contributed by atoms with Crippen molar-refractivity contribution in [2.75, 3.05) is 25.9 Å². The molecule has 0 atom stereocenters. The van der Waals surface area contributed by atoms with Crippen LogP contribution in [-0.4, -0.2) is 32.0 Å².